The van der Waals surface area contributed by atoms with Crippen molar-refractivity contribution in [2.75, 3.05) is 44.2 Å². The second-order valence-corrected chi connectivity index (χ2v) is 9.03. The predicted molar refractivity (Wildman–Crippen MR) is 121 cm³/mol. The van der Waals surface area contributed by atoms with Gasteiger partial charge in [0.25, 0.3) is 5.91 Å². The summed E-state index contributed by atoms with van der Waals surface area (Å²) in [6.07, 6.45) is 4.48. The number of nitrogens with zero attached hydrogens (tertiary/aromatic N) is 4. The molecule has 1 aliphatic carbocycles. The second kappa shape index (κ2) is 8.46. The summed E-state index contributed by atoms with van der Waals surface area (Å²) in [5.41, 5.74) is 1.63. The number of fused-ring (bicyclic) bond motifs is 1. The van der Waals surface area contributed by atoms with E-state index < -0.39 is 0 Å². The number of piperazine rings is 1. The van der Waals surface area contributed by atoms with Crippen molar-refractivity contribution in [2.24, 2.45) is 0 Å². The van der Waals surface area contributed by atoms with Crippen LogP contribution in [0.1, 0.15) is 43.0 Å². The fourth-order valence-corrected chi connectivity index (χ4v) is 4.63. The largest absolute Gasteiger partial charge is 0.356 e. The van der Waals surface area contributed by atoms with Crippen LogP contribution in [-0.4, -0.2) is 78.0 Å². The van der Waals surface area contributed by atoms with E-state index in [0.717, 1.165) is 55.5 Å². The van der Waals surface area contributed by atoms with E-state index in [1.165, 1.54) is 0 Å². The number of benzene rings is 1. The minimum Gasteiger partial charge on any atom is -0.356 e. The minimum absolute atomic E-state index is 0.0508. The molecule has 2 aliphatic heterocycles. The first-order chi connectivity index (χ1) is 15.1. The molecule has 3 fully saturated rings. The minimum atomic E-state index is -0.152. The van der Waals surface area contributed by atoms with Crippen LogP contribution in [0.15, 0.2) is 30.3 Å². The van der Waals surface area contributed by atoms with Gasteiger partial charge in [0.2, 0.25) is 5.91 Å². The van der Waals surface area contributed by atoms with Crippen LogP contribution in [-0.2, 0) is 4.79 Å². The van der Waals surface area contributed by atoms with Gasteiger partial charge < -0.3 is 15.1 Å². The van der Waals surface area contributed by atoms with Crippen LogP contribution in [0.5, 0.6) is 0 Å². The molecule has 2 amide bonds. The Labute approximate surface area is 183 Å². The molecular weight excluding hydrogens is 390 g/mol. The second-order valence-electron chi connectivity index (χ2n) is 9.03. The molecule has 0 bridgehead atoms. The van der Waals surface area contributed by atoms with Gasteiger partial charge in [-0.2, -0.15) is 0 Å². The molecule has 0 spiro atoms. The zero-order valence-electron chi connectivity index (χ0n) is 18.2. The molecule has 1 N–H and O–H groups in total. The SMILES string of the molecule is CC(C(=O)NC1CC1)N1CCN(C(=O)c2cc3ccccc3nc2N2CCCC2)CC1. The number of hydrogen-bond acceptors (Lipinski definition) is 5. The fourth-order valence-electron chi connectivity index (χ4n) is 4.63. The third-order valence-corrected chi connectivity index (χ3v) is 6.79. The third-order valence-electron chi connectivity index (χ3n) is 6.79. The van der Waals surface area contributed by atoms with Crippen molar-refractivity contribution in [3.63, 3.8) is 0 Å². The summed E-state index contributed by atoms with van der Waals surface area (Å²) in [6, 6.07) is 10.2. The molecule has 7 nitrogen and oxygen atoms in total. The smallest absolute Gasteiger partial charge is 0.257 e. The van der Waals surface area contributed by atoms with Gasteiger partial charge >= 0.3 is 0 Å². The van der Waals surface area contributed by atoms with Crippen molar-refractivity contribution >= 4 is 28.5 Å². The van der Waals surface area contributed by atoms with Gasteiger partial charge in [-0.3, -0.25) is 14.5 Å². The molecule has 7 heteroatoms. The Hall–Kier alpha value is -2.67. The lowest BCUT2D eigenvalue weighted by molar-refractivity contribution is -0.126. The van der Waals surface area contributed by atoms with Crippen LogP contribution in [0.3, 0.4) is 0 Å². The number of para-hydroxylation sites is 1. The molecule has 1 unspecified atom stereocenters. The van der Waals surface area contributed by atoms with E-state index in [0.29, 0.717) is 37.8 Å². The maximum atomic E-state index is 13.5. The highest BCUT2D eigenvalue weighted by Gasteiger charge is 2.32. The molecular formula is C24H31N5O2. The van der Waals surface area contributed by atoms with Crippen molar-refractivity contribution in [1.29, 1.82) is 0 Å². The molecule has 3 heterocycles. The van der Waals surface area contributed by atoms with Crippen molar-refractivity contribution in [2.45, 2.75) is 44.7 Å². The highest BCUT2D eigenvalue weighted by atomic mass is 16.2. The number of carbonyl (C=O) groups is 2. The predicted octanol–water partition coefficient (Wildman–Crippen LogP) is 2.26. The number of carbonyl (C=O) groups excluding carboxylic acids is 2. The van der Waals surface area contributed by atoms with E-state index in [1.807, 2.05) is 42.2 Å². The van der Waals surface area contributed by atoms with Crippen LogP contribution >= 0.6 is 0 Å². The van der Waals surface area contributed by atoms with E-state index in [2.05, 4.69) is 15.1 Å². The highest BCUT2D eigenvalue weighted by molar-refractivity contribution is 6.02. The van der Waals surface area contributed by atoms with Gasteiger partial charge in [0.05, 0.1) is 17.1 Å². The van der Waals surface area contributed by atoms with Gasteiger partial charge in [0.15, 0.2) is 0 Å². The fraction of sp³-hybridized carbons (Fsp3) is 0.542. The van der Waals surface area contributed by atoms with Crippen LogP contribution in [0.2, 0.25) is 0 Å². The lowest BCUT2D eigenvalue weighted by Gasteiger charge is -2.37. The lowest BCUT2D eigenvalue weighted by Crippen LogP contribution is -2.55. The van der Waals surface area contributed by atoms with E-state index >= 15 is 0 Å². The first-order valence-corrected chi connectivity index (χ1v) is 11.6. The van der Waals surface area contributed by atoms with E-state index in [4.69, 9.17) is 4.98 Å². The van der Waals surface area contributed by atoms with Gasteiger partial charge in [0, 0.05) is 50.7 Å². The zero-order valence-corrected chi connectivity index (χ0v) is 18.2. The molecule has 5 rings (SSSR count). The van der Waals surface area contributed by atoms with E-state index in [9.17, 15) is 9.59 Å². The molecule has 164 valence electrons. The summed E-state index contributed by atoms with van der Waals surface area (Å²) in [6.45, 7) is 6.56. The highest BCUT2D eigenvalue weighted by Crippen LogP contribution is 2.28. The number of rotatable bonds is 5. The summed E-state index contributed by atoms with van der Waals surface area (Å²) in [5, 5.41) is 4.09. The summed E-state index contributed by atoms with van der Waals surface area (Å²) in [4.78, 5) is 37.2. The summed E-state index contributed by atoms with van der Waals surface area (Å²) in [5.74, 6) is 0.980. The Morgan fingerprint density at radius 1 is 1.03 bits per heavy atom. The number of aromatic nitrogens is 1. The average molecular weight is 422 g/mol. The maximum Gasteiger partial charge on any atom is 0.257 e. The Balaban J connectivity index is 1.32. The number of hydrogen-bond donors (Lipinski definition) is 1. The first-order valence-electron chi connectivity index (χ1n) is 11.6. The van der Waals surface area contributed by atoms with Gasteiger partial charge in [0.1, 0.15) is 5.82 Å². The molecule has 1 aromatic carbocycles. The van der Waals surface area contributed by atoms with E-state index in [-0.39, 0.29) is 17.9 Å². The Morgan fingerprint density at radius 2 is 1.74 bits per heavy atom. The molecule has 3 aliphatic rings. The Morgan fingerprint density at radius 3 is 2.45 bits per heavy atom. The van der Waals surface area contributed by atoms with Gasteiger partial charge in [-0.1, -0.05) is 18.2 Å². The van der Waals surface area contributed by atoms with Crippen LogP contribution in [0.25, 0.3) is 10.9 Å². The molecule has 2 aromatic rings. The topological polar surface area (TPSA) is 68.8 Å². The van der Waals surface area contributed by atoms with Crippen LogP contribution < -0.4 is 10.2 Å². The lowest BCUT2D eigenvalue weighted by atomic mass is 10.1. The van der Waals surface area contributed by atoms with Crippen molar-refractivity contribution in [1.82, 2.24) is 20.1 Å². The van der Waals surface area contributed by atoms with Gasteiger partial charge in [-0.25, -0.2) is 4.98 Å². The van der Waals surface area contributed by atoms with Gasteiger partial charge in [-0.15, -0.1) is 0 Å². The van der Waals surface area contributed by atoms with Gasteiger partial charge in [-0.05, 0) is 44.7 Å². The average Bonchev–Trinajstić information content (AvgIpc) is 3.45. The number of nitrogens with one attached hydrogen (secondary N) is 1. The molecule has 1 aromatic heterocycles. The maximum absolute atomic E-state index is 13.5. The summed E-state index contributed by atoms with van der Waals surface area (Å²) in [7, 11) is 0. The van der Waals surface area contributed by atoms with E-state index in [1.54, 1.807) is 0 Å². The Kier molecular flexibility index (Phi) is 5.52. The van der Waals surface area contributed by atoms with Crippen molar-refractivity contribution < 1.29 is 9.59 Å². The third kappa shape index (κ3) is 4.24. The molecule has 1 atom stereocenters. The molecule has 1 saturated carbocycles. The van der Waals surface area contributed by atoms with Crippen molar-refractivity contribution in [3.05, 3.63) is 35.9 Å². The Bertz CT molecular complexity index is 975. The van der Waals surface area contributed by atoms with Crippen LogP contribution in [0, 0.1) is 0 Å². The quantitative estimate of drug-likeness (QED) is 0.802. The summed E-state index contributed by atoms with van der Waals surface area (Å²) < 4.78 is 0. The zero-order chi connectivity index (χ0) is 21.4. The van der Waals surface area contributed by atoms with Crippen molar-refractivity contribution in [3.8, 4) is 0 Å². The number of pyridine rings is 1. The van der Waals surface area contributed by atoms with Crippen LogP contribution in [0.4, 0.5) is 5.82 Å². The first kappa shape index (κ1) is 20.2. The monoisotopic (exact) mass is 421 g/mol. The molecule has 0 radical (unpaired) electrons. The molecule has 31 heavy (non-hydrogen) atoms. The standard InChI is InChI=1S/C24H31N5O2/c1-17(23(30)25-19-8-9-19)27-12-14-29(15-13-27)24(31)20-16-18-6-2-3-7-21(18)26-22(20)28-10-4-5-11-28/h2-3,6-7,16-17,19H,4-5,8-15H2,1H3,(H,25,30). The normalized spacial score (nSPS) is 20.8. The molecule has 2 saturated heterocycles. The summed E-state index contributed by atoms with van der Waals surface area (Å²) >= 11 is 0. The number of amides is 2. The number of anilines is 1.